The molecule has 2 rings (SSSR count). The summed E-state index contributed by atoms with van der Waals surface area (Å²) in [5.74, 6) is -0.370. The topological polar surface area (TPSA) is 87.7 Å². The second-order valence-electron chi connectivity index (χ2n) is 5.33. The van der Waals surface area contributed by atoms with E-state index in [9.17, 15) is 9.59 Å². The van der Waals surface area contributed by atoms with Crippen LogP contribution in [-0.2, 0) is 4.79 Å². The van der Waals surface area contributed by atoms with Crippen molar-refractivity contribution in [2.45, 2.75) is 32.2 Å². The zero-order valence-corrected chi connectivity index (χ0v) is 12.2. The van der Waals surface area contributed by atoms with E-state index >= 15 is 0 Å². The fourth-order valence-electron chi connectivity index (χ4n) is 2.65. The number of benzene rings is 1. The number of nitrogens with one attached hydrogen (secondary N) is 2. The molecule has 1 aliphatic rings. The molecule has 0 aromatic heterocycles. The van der Waals surface area contributed by atoms with E-state index in [0.717, 1.165) is 11.3 Å². The van der Waals surface area contributed by atoms with Gasteiger partial charge >= 0.3 is 12.0 Å². The number of methoxy groups -OCH3 is 1. The molecule has 0 bridgehead atoms. The van der Waals surface area contributed by atoms with Crippen LogP contribution in [0.3, 0.4) is 0 Å². The number of carboxylic acid groups (broad SMARTS) is 1. The molecule has 0 saturated heterocycles. The highest BCUT2D eigenvalue weighted by Crippen LogP contribution is 2.26. The molecule has 0 unspecified atom stereocenters. The van der Waals surface area contributed by atoms with Crippen LogP contribution in [-0.4, -0.2) is 30.3 Å². The molecule has 1 aromatic carbocycles. The summed E-state index contributed by atoms with van der Waals surface area (Å²) in [7, 11) is 1.60. The molecule has 21 heavy (non-hydrogen) atoms. The van der Waals surface area contributed by atoms with E-state index in [1.807, 2.05) is 13.0 Å². The van der Waals surface area contributed by atoms with E-state index in [1.165, 1.54) is 0 Å². The minimum absolute atomic E-state index is 0.0783. The number of hydrogen-bond donors (Lipinski definition) is 3. The fraction of sp³-hybridized carbons (Fsp3) is 0.467. The molecule has 1 fully saturated rings. The van der Waals surface area contributed by atoms with Crippen LogP contribution in [0.5, 0.6) is 5.75 Å². The highest BCUT2D eigenvalue weighted by atomic mass is 16.5. The van der Waals surface area contributed by atoms with Crippen molar-refractivity contribution < 1.29 is 19.4 Å². The zero-order valence-electron chi connectivity index (χ0n) is 12.2. The quantitative estimate of drug-likeness (QED) is 0.795. The second-order valence-corrected chi connectivity index (χ2v) is 5.33. The van der Waals surface area contributed by atoms with Gasteiger partial charge in [0, 0.05) is 11.7 Å². The van der Waals surface area contributed by atoms with Gasteiger partial charge in [-0.15, -0.1) is 0 Å². The predicted octanol–water partition coefficient (Wildman–Crippen LogP) is 2.38. The number of rotatable bonds is 4. The van der Waals surface area contributed by atoms with Gasteiger partial charge in [0.05, 0.1) is 13.0 Å². The van der Waals surface area contributed by atoms with Gasteiger partial charge in [-0.3, -0.25) is 4.79 Å². The van der Waals surface area contributed by atoms with E-state index in [0.29, 0.717) is 24.9 Å². The lowest BCUT2D eigenvalue weighted by atomic mass is 10.1. The minimum atomic E-state index is -0.787. The van der Waals surface area contributed by atoms with Gasteiger partial charge in [0.15, 0.2) is 0 Å². The highest BCUT2D eigenvalue weighted by Gasteiger charge is 2.30. The second kappa shape index (κ2) is 6.47. The van der Waals surface area contributed by atoms with Crippen molar-refractivity contribution in [2.24, 2.45) is 5.92 Å². The van der Waals surface area contributed by atoms with Crippen LogP contribution in [0.2, 0.25) is 0 Å². The standard InChI is InChI=1S/C15H20N2O4/c1-9-7-11(5-6-13(9)21-2)16-15(20)17-12-4-3-10(8-12)14(18)19/h5-7,10,12H,3-4,8H2,1-2H3,(H,18,19)(H2,16,17,20)/t10-,12+/m1/s1. The zero-order chi connectivity index (χ0) is 15.4. The Morgan fingerprint density at radius 3 is 2.67 bits per heavy atom. The molecule has 1 aliphatic carbocycles. The van der Waals surface area contributed by atoms with Crippen LogP contribution in [0.15, 0.2) is 18.2 Å². The summed E-state index contributed by atoms with van der Waals surface area (Å²) in [5, 5.41) is 14.5. The van der Waals surface area contributed by atoms with E-state index in [4.69, 9.17) is 9.84 Å². The number of ether oxygens (including phenoxy) is 1. The minimum Gasteiger partial charge on any atom is -0.496 e. The monoisotopic (exact) mass is 292 g/mol. The predicted molar refractivity (Wildman–Crippen MR) is 78.7 cm³/mol. The summed E-state index contributed by atoms with van der Waals surface area (Å²) in [6.07, 6.45) is 1.80. The van der Waals surface area contributed by atoms with Gasteiger partial charge in [-0.25, -0.2) is 4.79 Å². The van der Waals surface area contributed by atoms with E-state index in [1.54, 1.807) is 19.2 Å². The smallest absolute Gasteiger partial charge is 0.319 e. The molecule has 2 amide bonds. The van der Waals surface area contributed by atoms with Crippen LogP contribution in [0.25, 0.3) is 0 Å². The van der Waals surface area contributed by atoms with Crippen molar-refractivity contribution in [1.29, 1.82) is 0 Å². The Morgan fingerprint density at radius 1 is 1.33 bits per heavy atom. The van der Waals surface area contributed by atoms with E-state index < -0.39 is 5.97 Å². The Bertz CT molecular complexity index is 544. The molecule has 2 atom stereocenters. The molecule has 0 spiro atoms. The Labute approximate surface area is 123 Å². The summed E-state index contributed by atoms with van der Waals surface area (Å²) in [6.45, 7) is 1.90. The molecule has 114 valence electrons. The van der Waals surface area contributed by atoms with Crippen molar-refractivity contribution in [2.75, 3.05) is 12.4 Å². The van der Waals surface area contributed by atoms with Gasteiger partial charge < -0.3 is 20.5 Å². The number of carbonyl (C=O) groups excluding carboxylic acids is 1. The van der Waals surface area contributed by atoms with Gasteiger partial charge in [-0.05, 0) is 49.9 Å². The first-order valence-electron chi connectivity index (χ1n) is 6.94. The SMILES string of the molecule is COc1ccc(NC(=O)N[C@H]2CC[C@@H](C(=O)O)C2)cc1C. The van der Waals surface area contributed by atoms with Crippen LogP contribution >= 0.6 is 0 Å². The summed E-state index contributed by atoms with van der Waals surface area (Å²) in [4.78, 5) is 22.8. The van der Waals surface area contributed by atoms with Crippen LogP contribution in [0.1, 0.15) is 24.8 Å². The van der Waals surface area contributed by atoms with E-state index in [2.05, 4.69) is 10.6 Å². The number of carbonyl (C=O) groups is 2. The molecule has 0 heterocycles. The van der Waals surface area contributed by atoms with Gasteiger partial charge in [-0.2, -0.15) is 0 Å². The van der Waals surface area contributed by atoms with E-state index in [-0.39, 0.29) is 18.0 Å². The normalized spacial score (nSPS) is 20.9. The number of carboxylic acids is 1. The third kappa shape index (κ3) is 3.87. The molecule has 0 radical (unpaired) electrons. The maximum absolute atomic E-state index is 11.9. The van der Waals surface area contributed by atoms with Crippen LogP contribution < -0.4 is 15.4 Å². The molecular weight excluding hydrogens is 272 g/mol. The molecule has 3 N–H and O–H groups in total. The Balaban J connectivity index is 1.88. The molecule has 1 aromatic rings. The van der Waals surface area contributed by atoms with Crippen molar-refractivity contribution in [3.8, 4) is 5.75 Å². The maximum atomic E-state index is 11.9. The number of aliphatic carboxylic acids is 1. The average molecular weight is 292 g/mol. The number of anilines is 1. The summed E-state index contributed by atoms with van der Waals surface area (Å²) >= 11 is 0. The van der Waals surface area contributed by atoms with Gasteiger partial charge in [0.1, 0.15) is 5.75 Å². The van der Waals surface area contributed by atoms with Crippen LogP contribution in [0.4, 0.5) is 10.5 Å². The average Bonchev–Trinajstić information content (AvgIpc) is 2.87. The van der Waals surface area contributed by atoms with Crippen molar-refractivity contribution >= 4 is 17.7 Å². The summed E-state index contributed by atoms with van der Waals surface area (Å²) in [5.41, 5.74) is 1.61. The molecule has 6 heteroatoms. The summed E-state index contributed by atoms with van der Waals surface area (Å²) < 4.78 is 5.16. The Kier molecular flexibility index (Phi) is 4.67. The van der Waals surface area contributed by atoms with Crippen molar-refractivity contribution in [1.82, 2.24) is 5.32 Å². The van der Waals surface area contributed by atoms with Crippen molar-refractivity contribution in [3.05, 3.63) is 23.8 Å². The Morgan fingerprint density at radius 2 is 2.10 bits per heavy atom. The lowest BCUT2D eigenvalue weighted by molar-refractivity contribution is -0.141. The van der Waals surface area contributed by atoms with Crippen molar-refractivity contribution in [3.63, 3.8) is 0 Å². The first-order valence-corrected chi connectivity index (χ1v) is 6.94. The van der Waals surface area contributed by atoms with Gasteiger partial charge in [0.25, 0.3) is 0 Å². The fourth-order valence-corrected chi connectivity index (χ4v) is 2.65. The number of amides is 2. The number of urea groups is 1. The summed E-state index contributed by atoms with van der Waals surface area (Å²) in [6, 6.07) is 5.00. The molecule has 1 saturated carbocycles. The largest absolute Gasteiger partial charge is 0.496 e. The highest BCUT2D eigenvalue weighted by molar-refractivity contribution is 5.89. The molecular formula is C15H20N2O4. The number of hydrogen-bond acceptors (Lipinski definition) is 3. The first-order chi connectivity index (χ1) is 9.99. The van der Waals surface area contributed by atoms with Gasteiger partial charge in [-0.1, -0.05) is 0 Å². The third-order valence-corrected chi connectivity index (χ3v) is 3.77. The lowest BCUT2D eigenvalue weighted by Gasteiger charge is -2.14. The van der Waals surface area contributed by atoms with Crippen LogP contribution in [0, 0.1) is 12.8 Å². The van der Waals surface area contributed by atoms with Gasteiger partial charge in [0.2, 0.25) is 0 Å². The molecule has 6 nitrogen and oxygen atoms in total. The third-order valence-electron chi connectivity index (χ3n) is 3.77. The first kappa shape index (κ1) is 15.2. The lowest BCUT2D eigenvalue weighted by Crippen LogP contribution is -2.36. The molecule has 0 aliphatic heterocycles. The number of aryl methyl sites for hydroxylation is 1. The maximum Gasteiger partial charge on any atom is 0.319 e. The Hall–Kier alpha value is -2.24.